The Morgan fingerprint density at radius 3 is 2.56 bits per heavy atom. The maximum atomic E-state index is 12.3. The van der Waals surface area contributed by atoms with Gasteiger partial charge in [0.2, 0.25) is 5.91 Å². The van der Waals surface area contributed by atoms with Gasteiger partial charge in [0.15, 0.2) is 0 Å². The van der Waals surface area contributed by atoms with Crippen LogP contribution in [0, 0.1) is 0 Å². The number of fused-ring (bicyclic) bond motifs is 1. The van der Waals surface area contributed by atoms with Crippen LogP contribution in [-0.2, 0) is 14.4 Å². The van der Waals surface area contributed by atoms with Crippen LogP contribution in [0.5, 0.6) is 0 Å². The number of β-lactam (4-membered cyclic amide) rings is 1. The molecule has 6 N–H and O–H groups in total. The molecule has 0 aliphatic carbocycles. The molecule has 25 heavy (non-hydrogen) atoms. The van der Waals surface area contributed by atoms with E-state index in [0.717, 1.165) is 4.90 Å². The Hall–Kier alpha value is -2.42. The van der Waals surface area contributed by atoms with Crippen molar-refractivity contribution in [1.82, 2.24) is 10.2 Å². The summed E-state index contributed by atoms with van der Waals surface area (Å²) in [6.45, 7) is 0. The third-order valence-electron chi connectivity index (χ3n) is 4.32. The fourth-order valence-corrected chi connectivity index (χ4v) is 3.35. The second kappa shape index (κ2) is 7.22. The zero-order valence-electron chi connectivity index (χ0n) is 13.1. The molecule has 134 valence electrons. The van der Waals surface area contributed by atoms with Gasteiger partial charge in [-0.3, -0.25) is 14.5 Å². The van der Waals surface area contributed by atoms with Crippen molar-refractivity contribution in [2.24, 2.45) is 5.73 Å². The van der Waals surface area contributed by atoms with Crippen LogP contribution < -0.4 is 11.1 Å². The van der Waals surface area contributed by atoms with Gasteiger partial charge in [0.05, 0.1) is 6.04 Å². The molecule has 9 heteroatoms. The smallest absolute Gasteiger partial charge is 0.353 e. The second-order valence-corrected chi connectivity index (χ2v) is 6.20. The van der Waals surface area contributed by atoms with Gasteiger partial charge in [0, 0.05) is 5.03 Å². The zero-order valence-corrected chi connectivity index (χ0v) is 13.9. The molecule has 0 bridgehead atoms. The van der Waals surface area contributed by atoms with Gasteiger partial charge in [-0.05, 0) is 18.4 Å². The summed E-state index contributed by atoms with van der Waals surface area (Å²) in [5.74, 6) is -2.20. The number of carbonyl (C=O) groups is 3. The Kier molecular flexibility index (Phi) is 5.46. The number of carbonyl (C=O) groups excluding carboxylic acids is 2. The summed E-state index contributed by atoms with van der Waals surface area (Å²) < 4.78 is 0. The summed E-state index contributed by atoms with van der Waals surface area (Å²) in [7, 11) is 0. The molecule has 2 heterocycles. The van der Waals surface area contributed by atoms with Crippen molar-refractivity contribution in [1.29, 1.82) is 0 Å². The number of carboxylic acid groups (broad SMARTS) is 1. The van der Waals surface area contributed by atoms with Crippen molar-refractivity contribution in [2.45, 2.75) is 31.0 Å². The molecule has 2 aliphatic heterocycles. The van der Waals surface area contributed by atoms with E-state index in [1.165, 1.54) is 0 Å². The first-order chi connectivity index (χ1) is 11.4. The van der Waals surface area contributed by atoms with Gasteiger partial charge in [-0.2, -0.15) is 0 Å². The number of carboxylic acids is 1. The van der Waals surface area contributed by atoms with E-state index in [9.17, 15) is 19.5 Å². The predicted molar refractivity (Wildman–Crippen MR) is 89.3 cm³/mol. The van der Waals surface area contributed by atoms with Gasteiger partial charge < -0.3 is 21.6 Å². The number of halogens is 1. The van der Waals surface area contributed by atoms with Crippen molar-refractivity contribution < 1.29 is 25.0 Å². The molecule has 0 radical (unpaired) electrons. The highest BCUT2D eigenvalue weighted by Gasteiger charge is 2.53. The number of hydrogen-bond acceptors (Lipinski definition) is 4. The number of nitrogens with zero attached hydrogens (tertiary/aromatic N) is 1. The van der Waals surface area contributed by atoms with Crippen LogP contribution in [-0.4, -0.2) is 45.3 Å². The number of hydrogen-bond donors (Lipinski definition) is 3. The van der Waals surface area contributed by atoms with Crippen molar-refractivity contribution in [3.63, 3.8) is 0 Å². The van der Waals surface area contributed by atoms with Gasteiger partial charge in [0.1, 0.15) is 17.8 Å². The molecule has 1 aromatic rings. The average molecular weight is 368 g/mol. The van der Waals surface area contributed by atoms with Gasteiger partial charge in [-0.15, -0.1) is 0 Å². The van der Waals surface area contributed by atoms with Gasteiger partial charge >= 0.3 is 5.97 Å². The Labute approximate surface area is 148 Å². The molecule has 1 saturated heterocycles. The highest BCUT2D eigenvalue weighted by Crippen LogP contribution is 2.38. The van der Waals surface area contributed by atoms with Crippen molar-refractivity contribution in [3.8, 4) is 0 Å². The number of aliphatic carboxylic acids is 1. The van der Waals surface area contributed by atoms with Gasteiger partial charge in [-0.1, -0.05) is 41.9 Å². The molecule has 1 unspecified atom stereocenters. The van der Waals surface area contributed by atoms with E-state index in [1.807, 2.05) is 6.07 Å². The van der Waals surface area contributed by atoms with Crippen LogP contribution in [0.25, 0.3) is 0 Å². The molecule has 1 aromatic carbocycles. The van der Waals surface area contributed by atoms with Crippen LogP contribution in [0.15, 0.2) is 41.1 Å². The molecule has 1 fully saturated rings. The molecule has 2 aliphatic rings. The molecule has 3 atom stereocenters. The summed E-state index contributed by atoms with van der Waals surface area (Å²) in [6.07, 6.45) is 0.849. The van der Waals surface area contributed by atoms with Crippen molar-refractivity contribution >= 4 is 29.4 Å². The molecule has 8 nitrogen and oxygen atoms in total. The van der Waals surface area contributed by atoms with E-state index in [1.54, 1.807) is 24.3 Å². The lowest BCUT2D eigenvalue weighted by atomic mass is 9.86. The van der Waals surface area contributed by atoms with Crippen molar-refractivity contribution in [2.75, 3.05) is 0 Å². The first kappa shape index (κ1) is 18.9. The second-order valence-electron chi connectivity index (χ2n) is 5.75. The number of rotatable bonds is 4. The third-order valence-corrected chi connectivity index (χ3v) is 4.69. The third kappa shape index (κ3) is 3.23. The quantitative estimate of drug-likeness (QED) is 0.635. The molecule has 3 rings (SSSR count). The SMILES string of the molecule is NC(C(=O)N[C@@H]1C(=O)N2C(C(=O)O)=C(Cl)CC[C@H]12)c1ccccc1.O. The lowest BCUT2D eigenvalue weighted by molar-refractivity contribution is -0.156. The van der Waals surface area contributed by atoms with Crippen LogP contribution in [0.2, 0.25) is 0 Å². The predicted octanol–water partition coefficient (Wildman–Crippen LogP) is -0.114. The maximum Gasteiger partial charge on any atom is 0.353 e. The number of nitrogens with two attached hydrogens (primary N) is 1. The summed E-state index contributed by atoms with van der Waals surface area (Å²) >= 11 is 5.92. The lowest BCUT2D eigenvalue weighted by Crippen LogP contribution is -2.72. The molecule has 0 aromatic heterocycles. The maximum absolute atomic E-state index is 12.3. The number of amides is 2. The zero-order chi connectivity index (χ0) is 17.4. The van der Waals surface area contributed by atoms with Crippen molar-refractivity contribution in [3.05, 3.63) is 46.6 Å². The lowest BCUT2D eigenvalue weighted by Gasteiger charge is -2.49. The average Bonchev–Trinajstić information content (AvgIpc) is 2.59. The minimum absolute atomic E-state index is 0. The highest BCUT2D eigenvalue weighted by atomic mass is 35.5. The summed E-state index contributed by atoms with van der Waals surface area (Å²) in [6, 6.07) is 6.74. The molecule has 0 spiro atoms. The van der Waals surface area contributed by atoms with E-state index in [-0.39, 0.29) is 16.2 Å². The summed E-state index contributed by atoms with van der Waals surface area (Å²) in [4.78, 5) is 37.0. The minimum Gasteiger partial charge on any atom is -0.477 e. The first-order valence-corrected chi connectivity index (χ1v) is 7.85. The van der Waals surface area contributed by atoms with Crippen LogP contribution in [0.4, 0.5) is 0 Å². The first-order valence-electron chi connectivity index (χ1n) is 7.47. The molecule has 0 saturated carbocycles. The molecular formula is C16H18ClN3O5. The van der Waals surface area contributed by atoms with Crippen LogP contribution >= 0.6 is 11.6 Å². The largest absolute Gasteiger partial charge is 0.477 e. The highest BCUT2D eigenvalue weighted by molar-refractivity contribution is 6.32. The standard InChI is InChI=1S/C16H16ClN3O4.H2O/c17-9-6-7-10-12(15(22)20(10)13(9)16(23)24)19-14(21)11(18)8-4-2-1-3-5-8;/h1-5,10-12H,6-7,18H2,(H,19,21)(H,23,24);1H2/t10-,11?,12+;/m1./s1. The molecular weight excluding hydrogens is 350 g/mol. The fraction of sp³-hybridized carbons (Fsp3) is 0.312. The van der Waals surface area contributed by atoms with Crippen LogP contribution in [0.3, 0.4) is 0 Å². The summed E-state index contributed by atoms with van der Waals surface area (Å²) in [5.41, 5.74) is 6.35. The Balaban J connectivity index is 0.00000225. The molecule has 2 amide bonds. The van der Waals surface area contributed by atoms with E-state index in [4.69, 9.17) is 17.3 Å². The summed E-state index contributed by atoms with van der Waals surface area (Å²) in [5, 5.41) is 12.0. The van der Waals surface area contributed by atoms with E-state index < -0.39 is 35.9 Å². The minimum atomic E-state index is -1.25. The Morgan fingerprint density at radius 1 is 1.32 bits per heavy atom. The topological polar surface area (TPSA) is 144 Å². The Morgan fingerprint density at radius 2 is 1.96 bits per heavy atom. The van der Waals surface area contributed by atoms with E-state index in [2.05, 4.69) is 5.32 Å². The van der Waals surface area contributed by atoms with E-state index in [0.29, 0.717) is 18.4 Å². The van der Waals surface area contributed by atoms with Gasteiger partial charge in [-0.25, -0.2) is 4.79 Å². The Bertz CT molecular complexity index is 737. The van der Waals surface area contributed by atoms with Gasteiger partial charge in [0.25, 0.3) is 5.91 Å². The van der Waals surface area contributed by atoms with Crippen LogP contribution in [0.1, 0.15) is 24.4 Å². The fourth-order valence-electron chi connectivity index (χ4n) is 3.07. The van der Waals surface area contributed by atoms with E-state index >= 15 is 0 Å². The number of nitrogens with one attached hydrogen (secondary N) is 1. The number of allylic oxidation sites excluding steroid dienone is 1. The number of benzene rings is 1. The normalized spacial score (nSPS) is 23.1. The monoisotopic (exact) mass is 367 g/mol.